The molecule has 5 heteroatoms. The zero-order chi connectivity index (χ0) is 14.6. The number of nitrogens with one attached hydrogen (secondary N) is 1. The molecule has 3 nitrogen and oxygen atoms in total. The Balaban J connectivity index is 2.17. The highest BCUT2D eigenvalue weighted by Gasteiger charge is 2.25. The predicted octanol–water partition coefficient (Wildman–Crippen LogP) is 3.49. The molecule has 1 aliphatic heterocycles. The van der Waals surface area contributed by atoms with Crippen molar-refractivity contribution in [2.24, 2.45) is 0 Å². The lowest BCUT2D eigenvalue weighted by molar-refractivity contribution is 0.558. The average Bonchev–Trinajstić information content (AvgIpc) is 2.84. The average molecular weight is 314 g/mol. The van der Waals surface area contributed by atoms with Gasteiger partial charge in [0.2, 0.25) is 0 Å². The van der Waals surface area contributed by atoms with Crippen LogP contribution in [0.5, 0.6) is 0 Å². The summed E-state index contributed by atoms with van der Waals surface area (Å²) in [5, 5.41) is 4.75. The van der Waals surface area contributed by atoms with E-state index in [1.807, 2.05) is 23.1 Å². The largest absolute Gasteiger partial charge is 0.346 e. The zero-order valence-corrected chi connectivity index (χ0v) is 14.8. The van der Waals surface area contributed by atoms with Crippen molar-refractivity contribution in [3.8, 4) is 0 Å². The van der Waals surface area contributed by atoms with Gasteiger partial charge in [-0.3, -0.25) is 0 Å². The summed E-state index contributed by atoms with van der Waals surface area (Å²) in [6.07, 6.45) is 1.18. The summed E-state index contributed by atoms with van der Waals surface area (Å²) in [4.78, 5) is 8.85. The summed E-state index contributed by atoms with van der Waals surface area (Å²) in [5.41, 5.74) is 1.40. The van der Waals surface area contributed by atoms with Crippen molar-refractivity contribution in [2.75, 3.05) is 36.0 Å². The van der Waals surface area contributed by atoms with Crippen molar-refractivity contribution in [1.82, 2.24) is 10.3 Å². The summed E-state index contributed by atoms with van der Waals surface area (Å²) in [7, 11) is 0. The van der Waals surface area contributed by atoms with Gasteiger partial charge in [-0.1, -0.05) is 27.7 Å². The highest BCUT2D eigenvalue weighted by Crippen LogP contribution is 2.34. The van der Waals surface area contributed by atoms with Gasteiger partial charge in [-0.25, -0.2) is 4.98 Å². The minimum atomic E-state index is 0.127. The first-order valence-corrected chi connectivity index (χ1v) is 9.53. The molecule has 2 heterocycles. The lowest BCUT2D eigenvalue weighted by atomic mass is 9.91. The smallest absolute Gasteiger partial charge is 0.185 e. The van der Waals surface area contributed by atoms with E-state index in [1.54, 1.807) is 0 Å². The Morgan fingerprint density at radius 3 is 2.55 bits per heavy atom. The van der Waals surface area contributed by atoms with Crippen LogP contribution >= 0.6 is 23.1 Å². The third kappa shape index (κ3) is 4.12. The highest BCUT2D eigenvalue weighted by molar-refractivity contribution is 7.99. The number of thiazole rings is 1. The summed E-state index contributed by atoms with van der Waals surface area (Å²) in [6.45, 7) is 13.3. The molecule has 114 valence electrons. The van der Waals surface area contributed by atoms with Crippen LogP contribution < -0.4 is 10.2 Å². The molecule has 0 amide bonds. The van der Waals surface area contributed by atoms with Crippen molar-refractivity contribution in [2.45, 2.75) is 46.1 Å². The second-order valence-corrected chi connectivity index (χ2v) is 8.58. The molecule has 1 saturated heterocycles. The Kier molecular flexibility index (Phi) is 5.75. The van der Waals surface area contributed by atoms with Gasteiger partial charge in [-0.05, 0) is 13.0 Å². The van der Waals surface area contributed by atoms with E-state index in [2.05, 4.69) is 37.9 Å². The Morgan fingerprint density at radius 1 is 1.25 bits per heavy atom. The van der Waals surface area contributed by atoms with Gasteiger partial charge in [0, 0.05) is 41.4 Å². The number of aromatic nitrogens is 1. The van der Waals surface area contributed by atoms with Crippen molar-refractivity contribution >= 4 is 28.2 Å². The summed E-state index contributed by atoms with van der Waals surface area (Å²) >= 11 is 3.94. The van der Waals surface area contributed by atoms with Crippen molar-refractivity contribution in [3.63, 3.8) is 0 Å². The summed E-state index contributed by atoms with van der Waals surface area (Å²) < 4.78 is 0. The van der Waals surface area contributed by atoms with E-state index < -0.39 is 0 Å². The first-order valence-electron chi connectivity index (χ1n) is 7.56. The standard InChI is InChI=1S/C15H27N3S2/c1-5-6-16-11-12-13(15(2,3)4)17-14(20-12)18-7-9-19-10-8-18/h16H,5-11H2,1-4H3. The minimum absolute atomic E-state index is 0.127. The van der Waals surface area contributed by atoms with Gasteiger partial charge in [-0.2, -0.15) is 11.8 Å². The van der Waals surface area contributed by atoms with Crippen LogP contribution in [0, 0.1) is 0 Å². The van der Waals surface area contributed by atoms with E-state index in [0.29, 0.717) is 0 Å². The van der Waals surface area contributed by atoms with Crippen molar-refractivity contribution in [3.05, 3.63) is 10.6 Å². The Labute approximate surface area is 131 Å². The van der Waals surface area contributed by atoms with Crippen LogP contribution in [0.25, 0.3) is 0 Å². The molecule has 0 radical (unpaired) electrons. The van der Waals surface area contributed by atoms with Gasteiger partial charge in [0.1, 0.15) is 0 Å². The lowest BCUT2D eigenvalue weighted by Gasteiger charge is -2.25. The number of hydrogen-bond acceptors (Lipinski definition) is 5. The Morgan fingerprint density at radius 2 is 1.95 bits per heavy atom. The molecule has 1 aromatic rings. The maximum absolute atomic E-state index is 4.98. The molecular formula is C15H27N3S2. The van der Waals surface area contributed by atoms with Crippen molar-refractivity contribution < 1.29 is 0 Å². The molecule has 1 N–H and O–H groups in total. The lowest BCUT2D eigenvalue weighted by Crippen LogP contribution is -2.32. The van der Waals surface area contributed by atoms with Gasteiger partial charge in [-0.15, -0.1) is 11.3 Å². The van der Waals surface area contributed by atoms with Crippen LogP contribution in [-0.4, -0.2) is 36.1 Å². The minimum Gasteiger partial charge on any atom is -0.346 e. The van der Waals surface area contributed by atoms with E-state index in [-0.39, 0.29) is 5.41 Å². The number of hydrogen-bond donors (Lipinski definition) is 1. The van der Waals surface area contributed by atoms with Gasteiger partial charge in [0.25, 0.3) is 0 Å². The second kappa shape index (κ2) is 7.14. The van der Waals surface area contributed by atoms with Crippen LogP contribution in [0.4, 0.5) is 5.13 Å². The molecular weight excluding hydrogens is 286 g/mol. The van der Waals surface area contributed by atoms with Crippen LogP contribution in [-0.2, 0) is 12.0 Å². The van der Waals surface area contributed by atoms with Crippen molar-refractivity contribution in [1.29, 1.82) is 0 Å². The molecule has 1 fully saturated rings. The summed E-state index contributed by atoms with van der Waals surface area (Å²) in [6, 6.07) is 0. The molecule has 0 aromatic carbocycles. The Bertz CT molecular complexity index is 417. The maximum atomic E-state index is 4.98. The van der Waals surface area contributed by atoms with Crippen LogP contribution in [0.2, 0.25) is 0 Å². The predicted molar refractivity (Wildman–Crippen MR) is 92.3 cm³/mol. The molecule has 0 aliphatic carbocycles. The summed E-state index contributed by atoms with van der Waals surface area (Å²) in [5.74, 6) is 2.46. The van der Waals surface area contributed by atoms with Gasteiger partial charge in [0.05, 0.1) is 5.69 Å². The first-order chi connectivity index (χ1) is 9.52. The van der Waals surface area contributed by atoms with Crippen LogP contribution in [0.1, 0.15) is 44.7 Å². The van der Waals surface area contributed by atoms with Gasteiger partial charge >= 0.3 is 0 Å². The molecule has 0 saturated carbocycles. The second-order valence-electron chi connectivity index (χ2n) is 6.29. The first kappa shape index (κ1) is 16.1. The molecule has 0 bridgehead atoms. The fraction of sp³-hybridized carbons (Fsp3) is 0.800. The number of rotatable bonds is 5. The Hall–Kier alpha value is -0.260. The zero-order valence-electron chi connectivity index (χ0n) is 13.2. The SMILES string of the molecule is CCCNCc1sc(N2CCSCC2)nc1C(C)(C)C. The quantitative estimate of drug-likeness (QED) is 0.842. The molecule has 0 spiro atoms. The number of anilines is 1. The maximum Gasteiger partial charge on any atom is 0.185 e. The van der Waals surface area contributed by atoms with E-state index in [9.17, 15) is 0 Å². The molecule has 20 heavy (non-hydrogen) atoms. The third-order valence-electron chi connectivity index (χ3n) is 3.39. The fourth-order valence-corrected chi connectivity index (χ4v) is 4.51. The van der Waals surface area contributed by atoms with Gasteiger partial charge < -0.3 is 10.2 Å². The fourth-order valence-electron chi connectivity index (χ4n) is 2.31. The molecule has 1 aliphatic rings. The van der Waals surface area contributed by atoms with Gasteiger partial charge in [0.15, 0.2) is 5.13 Å². The normalized spacial score (nSPS) is 16.7. The topological polar surface area (TPSA) is 28.2 Å². The van der Waals surface area contributed by atoms with E-state index >= 15 is 0 Å². The van der Waals surface area contributed by atoms with Crippen LogP contribution in [0.15, 0.2) is 0 Å². The molecule has 0 atom stereocenters. The third-order valence-corrected chi connectivity index (χ3v) is 5.45. The monoisotopic (exact) mass is 313 g/mol. The highest BCUT2D eigenvalue weighted by atomic mass is 32.2. The molecule has 0 unspecified atom stereocenters. The number of nitrogens with zero attached hydrogens (tertiary/aromatic N) is 2. The van der Waals surface area contributed by atoms with E-state index in [1.165, 1.54) is 33.6 Å². The number of thioether (sulfide) groups is 1. The van der Waals surface area contributed by atoms with E-state index in [4.69, 9.17) is 4.98 Å². The molecule has 1 aromatic heterocycles. The van der Waals surface area contributed by atoms with Crippen LogP contribution in [0.3, 0.4) is 0 Å². The molecule has 2 rings (SSSR count). The van der Waals surface area contributed by atoms with E-state index in [0.717, 1.165) is 26.2 Å².